The number of rotatable bonds is 7. The van der Waals surface area contributed by atoms with E-state index in [2.05, 4.69) is 20.2 Å². The molecule has 1 amide bonds. The summed E-state index contributed by atoms with van der Waals surface area (Å²) in [5, 5.41) is 18.0. The minimum atomic E-state index is -1.04. The summed E-state index contributed by atoms with van der Waals surface area (Å²) >= 11 is 0. The number of amides is 1. The second kappa shape index (κ2) is 9.43. The average Bonchev–Trinajstić information content (AvgIpc) is 3.25. The Hall–Kier alpha value is -4.34. The van der Waals surface area contributed by atoms with E-state index in [9.17, 15) is 14.7 Å². The van der Waals surface area contributed by atoms with Crippen molar-refractivity contribution in [2.75, 3.05) is 11.4 Å². The van der Waals surface area contributed by atoms with E-state index in [1.165, 1.54) is 23.4 Å². The van der Waals surface area contributed by atoms with Crippen molar-refractivity contribution in [1.29, 1.82) is 0 Å². The highest BCUT2D eigenvalue weighted by Crippen LogP contribution is 2.20. The first-order chi connectivity index (χ1) is 15.9. The van der Waals surface area contributed by atoms with Gasteiger partial charge in [-0.05, 0) is 18.1 Å². The van der Waals surface area contributed by atoms with Gasteiger partial charge in [0.05, 0.1) is 30.5 Å². The van der Waals surface area contributed by atoms with Crippen molar-refractivity contribution in [3.05, 3.63) is 82.8 Å². The Bertz CT molecular complexity index is 1330. The number of carboxylic acid groups (broad SMARTS) is 1. The summed E-state index contributed by atoms with van der Waals surface area (Å²) in [5.74, 6) is 0.469. The molecule has 0 atom stereocenters. The lowest BCUT2D eigenvalue weighted by Gasteiger charge is -2.17. The minimum absolute atomic E-state index is 0.147. The predicted octanol–water partition coefficient (Wildman–Crippen LogP) is 2.91. The summed E-state index contributed by atoms with van der Waals surface area (Å²) < 4.78 is 3.29. The predicted molar refractivity (Wildman–Crippen MR) is 123 cm³/mol. The SMILES string of the molecule is CCCN(C(=O)O)c1cnc(-c2cccc(Cc3nn(-c4cnn(C)c4)ccc3=O)c2)nc1. The highest BCUT2D eigenvalue weighted by molar-refractivity contribution is 5.85. The second-order valence-electron chi connectivity index (χ2n) is 7.52. The van der Waals surface area contributed by atoms with Gasteiger partial charge in [-0.2, -0.15) is 10.2 Å². The summed E-state index contributed by atoms with van der Waals surface area (Å²) in [6.45, 7) is 2.28. The third-order valence-electron chi connectivity index (χ3n) is 5.02. The third-order valence-corrected chi connectivity index (χ3v) is 5.02. The highest BCUT2D eigenvalue weighted by atomic mass is 16.4. The van der Waals surface area contributed by atoms with Crippen LogP contribution in [0.4, 0.5) is 10.5 Å². The van der Waals surface area contributed by atoms with Gasteiger partial charge >= 0.3 is 6.09 Å². The van der Waals surface area contributed by atoms with Crippen LogP contribution in [-0.2, 0) is 13.5 Å². The van der Waals surface area contributed by atoms with E-state index in [4.69, 9.17) is 0 Å². The van der Waals surface area contributed by atoms with Crippen LogP contribution in [0.15, 0.2) is 66.1 Å². The average molecular weight is 445 g/mol. The number of benzene rings is 1. The maximum Gasteiger partial charge on any atom is 0.411 e. The molecule has 3 heterocycles. The molecule has 0 spiro atoms. The Labute approximate surface area is 189 Å². The van der Waals surface area contributed by atoms with Gasteiger partial charge in [0.2, 0.25) is 5.43 Å². The molecule has 0 saturated heterocycles. The fraction of sp³-hybridized carbons (Fsp3) is 0.217. The summed E-state index contributed by atoms with van der Waals surface area (Å²) in [6, 6.07) is 9.04. The maximum atomic E-state index is 12.4. The molecule has 4 rings (SSSR count). The largest absolute Gasteiger partial charge is 0.465 e. The van der Waals surface area contributed by atoms with Gasteiger partial charge in [0, 0.05) is 37.8 Å². The van der Waals surface area contributed by atoms with Gasteiger partial charge in [0.25, 0.3) is 0 Å². The van der Waals surface area contributed by atoms with Crippen LogP contribution >= 0.6 is 0 Å². The Morgan fingerprint density at radius 3 is 2.61 bits per heavy atom. The first-order valence-electron chi connectivity index (χ1n) is 10.4. The monoisotopic (exact) mass is 445 g/mol. The number of carbonyl (C=O) groups is 1. The van der Waals surface area contributed by atoms with E-state index >= 15 is 0 Å². The van der Waals surface area contributed by atoms with E-state index in [0.717, 1.165) is 16.8 Å². The van der Waals surface area contributed by atoms with Gasteiger partial charge in [0.1, 0.15) is 11.4 Å². The van der Waals surface area contributed by atoms with E-state index in [1.807, 2.05) is 44.4 Å². The van der Waals surface area contributed by atoms with Crippen LogP contribution in [-0.4, -0.2) is 47.3 Å². The summed E-state index contributed by atoms with van der Waals surface area (Å²) in [6.07, 6.45) is 8.11. The molecule has 0 aliphatic carbocycles. The molecule has 0 aliphatic rings. The molecule has 10 heteroatoms. The van der Waals surface area contributed by atoms with E-state index in [-0.39, 0.29) is 5.43 Å². The molecule has 0 saturated carbocycles. The van der Waals surface area contributed by atoms with Crippen molar-refractivity contribution in [3.8, 4) is 17.1 Å². The third kappa shape index (κ3) is 4.95. The molecule has 0 aliphatic heterocycles. The normalized spacial score (nSPS) is 10.8. The topological polar surface area (TPSA) is 119 Å². The Balaban J connectivity index is 1.58. The molecule has 3 aromatic heterocycles. The zero-order valence-corrected chi connectivity index (χ0v) is 18.3. The van der Waals surface area contributed by atoms with Gasteiger partial charge in [-0.15, -0.1) is 0 Å². The second-order valence-corrected chi connectivity index (χ2v) is 7.52. The van der Waals surface area contributed by atoms with Crippen molar-refractivity contribution in [3.63, 3.8) is 0 Å². The molecular weight excluding hydrogens is 422 g/mol. The molecule has 0 fully saturated rings. The fourth-order valence-electron chi connectivity index (χ4n) is 3.42. The first-order valence-corrected chi connectivity index (χ1v) is 10.4. The number of hydrogen-bond donors (Lipinski definition) is 1. The highest BCUT2D eigenvalue weighted by Gasteiger charge is 2.15. The zero-order chi connectivity index (χ0) is 23.4. The van der Waals surface area contributed by atoms with Crippen LogP contribution in [0, 0.1) is 0 Å². The van der Waals surface area contributed by atoms with E-state index < -0.39 is 6.09 Å². The number of anilines is 1. The molecular formula is C23H23N7O3. The molecule has 1 N–H and O–H groups in total. The van der Waals surface area contributed by atoms with Crippen LogP contribution in [0.3, 0.4) is 0 Å². The lowest BCUT2D eigenvalue weighted by atomic mass is 10.1. The van der Waals surface area contributed by atoms with Crippen LogP contribution in [0.25, 0.3) is 17.1 Å². The van der Waals surface area contributed by atoms with Crippen LogP contribution < -0.4 is 10.3 Å². The fourth-order valence-corrected chi connectivity index (χ4v) is 3.42. The van der Waals surface area contributed by atoms with Crippen molar-refractivity contribution >= 4 is 11.8 Å². The van der Waals surface area contributed by atoms with Crippen LogP contribution in [0.5, 0.6) is 0 Å². The number of hydrogen-bond acceptors (Lipinski definition) is 6. The lowest BCUT2D eigenvalue weighted by molar-refractivity contribution is 0.201. The molecule has 10 nitrogen and oxygen atoms in total. The standard InChI is InChI=1S/C23H23N7O3/c1-3-8-29(23(32)33)18-12-24-22(25-13-18)17-6-4-5-16(10-17)11-20-21(31)7-9-30(27-20)19-14-26-28(2)15-19/h4-7,9-10,12-15H,3,8,11H2,1-2H3,(H,32,33). The molecule has 33 heavy (non-hydrogen) atoms. The van der Waals surface area contributed by atoms with Crippen molar-refractivity contribution in [2.45, 2.75) is 19.8 Å². The number of aryl methyl sites for hydroxylation is 1. The maximum absolute atomic E-state index is 12.4. The molecule has 0 radical (unpaired) electrons. The van der Waals surface area contributed by atoms with E-state index in [1.54, 1.807) is 21.8 Å². The summed E-state index contributed by atoms with van der Waals surface area (Å²) in [4.78, 5) is 33.8. The Morgan fingerprint density at radius 1 is 1.15 bits per heavy atom. The number of nitrogens with zero attached hydrogens (tertiary/aromatic N) is 7. The summed E-state index contributed by atoms with van der Waals surface area (Å²) in [5.41, 5.74) is 3.09. The van der Waals surface area contributed by atoms with Gasteiger partial charge in [-0.3, -0.25) is 14.4 Å². The van der Waals surface area contributed by atoms with Gasteiger partial charge in [-0.25, -0.2) is 19.4 Å². The van der Waals surface area contributed by atoms with Crippen molar-refractivity contribution in [2.24, 2.45) is 7.05 Å². The summed E-state index contributed by atoms with van der Waals surface area (Å²) in [7, 11) is 1.82. The smallest absolute Gasteiger partial charge is 0.411 e. The van der Waals surface area contributed by atoms with Crippen molar-refractivity contribution < 1.29 is 9.90 Å². The molecule has 0 bridgehead atoms. The Morgan fingerprint density at radius 2 is 1.94 bits per heavy atom. The molecule has 168 valence electrons. The molecule has 0 unspecified atom stereocenters. The zero-order valence-electron chi connectivity index (χ0n) is 18.3. The van der Waals surface area contributed by atoms with Crippen molar-refractivity contribution in [1.82, 2.24) is 29.5 Å². The quantitative estimate of drug-likeness (QED) is 0.464. The van der Waals surface area contributed by atoms with Gasteiger partial charge < -0.3 is 5.11 Å². The first kappa shape index (κ1) is 21.9. The Kier molecular flexibility index (Phi) is 6.25. The number of aromatic nitrogens is 6. The van der Waals surface area contributed by atoms with Gasteiger partial charge in [0.15, 0.2) is 5.82 Å². The van der Waals surface area contributed by atoms with Gasteiger partial charge in [-0.1, -0.05) is 25.1 Å². The lowest BCUT2D eigenvalue weighted by Crippen LogP contribution is -2.30. The molecule has 1 aromatic carbocycles. The minimum Gasteiger partial charge on any atom is -0.465 e. The van der Waals surface area contributed by atoms with Crippen LogP contribution in [0.2, 0.25) is 0 Å². The van der Waals surface area contributed by atoms with E-state index in [0.29, 0.717) is 36.6 Å². The van der Waals surface area contributed by atoms with Crippen LogP contribution in [0.1, 0.15) is 24.6 Å². The molecule has 4 aromatic rings.